The molecule has 0 spiro atoms. The molecule has 0 amide bonds. The summed E-state index contributed by atoms with van der Waals surface area (Å²) in [6.07, 6.45) is 2.60. The van der Waals surface area contributed by atoms with Crippen molar-refractivity contribution in [2.75, 3.05) is 0 Å². The van der Waals surface area contributed by atoms with Crippen LogP contribution in [0.3, 0.4) is 0 Å². The highest BCUT2D eigenvalue weighted by Crippen LogP contribution is 2.35. The fourth-order valence-corrected chi connectivity index (χ4v) is 3.05. The molecule has 0 saturated carbocycles. The van der Waals surface area contributed by atoms with Crippen molar-refractivity contribution in [1.29, 1.82) is 0 Å². The number of ether oxygens (including phenoxy) is 1. The van der Waals surface area contributed by atoms with Crippen LogP contribution in [0, 0.1) is 0 Å². The minimum absolute atomic E-state index is 0.408. The molecule has 4 nitrogen and oxygen atoms in total. The Balaban J connectivity index is 1.70. The van der Waals surface area contributed by atoms with E-state index in [0.717, 1.165) is 22.0 Å². The topological polar surface area (TPSA) is 51.5 Å². The zero-order valence-corrected chi connectivity index (χ0v) is 12.6. The Bertz CT molecular complexity index is 952. The van der Waals surface area contributed by atoms with Gasteiger partial charge in [0.1, 0.15) is 11.9 Å². The number of para-hydroxylation sites is 1. The van der Waals surface area contributed by atoms with Gasteiger partial charge in [0.05, 0.1) is 5.56 Å². The Morgan fingerprint density at radius 3 is 2.74 bits per heavy atom. The summed E-state index contributed by atoms with van der Waals surface area (Å²) in [4.78, 5) is 12.6. The first-order valence-electron chi connectivity index (χ1n) is 7.40. The molecule has 0 fully saturated rings. The van der Waals surface area contributed by atoms with E-state index in [-0.39, 0.29) is 0 Å². The van der Waals surface area contributed by atoms with Gasteiger partial charge in [0.15, 0.2) is 0 Å². The smallest absolute Gasteiger partial charge is 0.345 e. The maximum atomic E-state index is 12.6. The van der Waals surface area contributed by atoms with Crippen molar-refractivity contribution < 1.29 is 14.6 Å². The van der Waals surface area contributed by atoms with Crippen LogP contribution in [0.2, 0.25) is 0 Å². The monoisotopic (exact) mass is 305 g/mol. The van der Waals surface area contributed by atoms with Gasteiger partial charge in [-0.25, -0.2) is 4.79 Å². The summed E-state index contributed by atoms with van der Waals surface area (Å²) in [5.41, 5.74) is 3.00. The number of fused-ring (bicyclic) bond motifs is 2. The van der Waals surface area contributed by atoms with E-state index in [1.54, 1.807) is 12.3 Å². The van der Waals surface area contributed by atoms with Gasteiger partial charge in [0, 0.05) is 29.7 Å². The molecule has 114 valence electrons. The quantitative estimate of drug-likeness (QED) is 0.738. The number of aliphatic hydroxyl groups excluding tert-OH is 1. The molecule has 1 heterocycles. The molecule has 1 aliphatic carbocycles. The van der Waals surface area contributed by atoms with Crippen LogP contribution >= 0.6 is 0 Å². The highest BCUT2D eigenvalue weighted by molar-refractivity contribution is 6.06. The third-order valence-corrected chi connectivity index (χ3v) is 4.17. The summed E-state index contributed by atoms with van der Waals surface area (Å²) in [6, 6.07) is 15.1. The Morgan fingerprint density at radius 1 is 1.13 bits per heavy atom. The number of aliphatic hydroxyl groups is 1. The molecular weight excluding hydrogens is 290 g/mol. The zero-order valence-electron chi connectivity index (χ0n) is 12.6. The molecule has 4 rings (SSSR count). The average Bonchev–Trinajstić information content (AvgIpc) is 3.07. The van der Waals surface area contributed by atoms with Crippen LogP contribution in [0.15, 0.2) is 60.8 Å². The molecule has 1 atom stereocenters. The number of aromatic nitrogens is 1. The van der Waals surface area contributed by atoms with Crippen LogP contribution in [0.25, 0.3) is 16.7 Å². The second-order valence-electron chi connectivity index (χ2n) is 5.62. The molecule has 0 bridgehead atoms. The van der Waals surface area contributed by atoms with Crippen molar-refractivity contribution in [3.63, 3.8) is 0 Å². The number of nitrogens with zero attached hydrogens (tertiary/aromatic N) is 1. The third kappa shape index (κ3) is 2.15. The molecule has 2 aromatic carbocycles. The second-order valence-corrected chi connectivity index (χ2v) is 5.62. The summed E-state index contributed by atoms with van der Waals surface area (Å²) in [5, 5.41) is 10.9. The zero-order chi connectivity index (χ0) is 16.0. The lowest BCUT2D eigenvalue weighted by Gasteiger charge is -2.06. The van der Waals surface area contributed by atoms with Crippen molar-refractivity contribution >= 4 is 22.6 Å². The van der Waals surface area contributed by atoms with Gasteiger partial charge in [0.2, 0.25) is 0 Å². The largest absolute Gasteiger partial charge is 0.422 e. The number of esters is 1. The van der Waals surface area contributed by atoms with Crippen molar-refractivity contribution in [2.45, 2.75) is 6.10 Å². The van der Waals surface area contributed by atoms with Crippen LogP contribution in [0.4, 0.5) is 0 Å². The van der Waals surface area contributed by atoms with E-state index in [0.29, 0.717) is 11.3 Å². The molecule has 1 unspecified atom stereocenters. The van der Waals surface area contributed by atoms with Crippen LogP contribution in [0.1, 0.15) is 27.6 Å². The highest BCUT2D eigenvalue weighted by Gasteiger charge is 2.25. The summed E-state index contributed by atoms with van der Waals surface area (Å²) in [5.74, 6) is -0.0111. The van der Waals surface area contributed by atoms with Gasteiger partial charge in [-0.3, -0.25) is 0 Å². The van der Waals surface area contributed by atoms with Crippen molar-refractivity contribution in [3.05, 3.63) is 77.5 Å². The average molecular weight is 305 g/mol. The summed E-state index contributed by atoms with van der Waals surface area (Å²) < 4.78 is 7.47. The van der Waals surface area contributed by atoms with E-state index >= 15 is 0 Å². The molecule has 3 aromatic rings. The number of carbonyl (C=O) groups excluding carboxylic acids is 1. The predicted molar refractivity (Wildman–Crippen MR) is 87.7 cm³/mol. The third-order valence-electron chi connectivity index (χ3n) is 4.17. The Hall–Kier alpha value is -2.85. The van der Waals surface area contributed by atoms with E-state index < -0.39 is 12.1 Å². The second kappa shape index (κ2) is 5.11. The van der Waals surface area contributed by atoms with E-state index in [1.807, 2.05) is 60.1 Å². The Labute approximate surface area is 133 Å². The number of rotatable bonds is 2. The maximum Gasteiger partial charge on any atom is 0.345 e. The normalized spacial score (nSPS) is 16.3. The van der Waals surface area contributed by atoms with Gasteiger partial charge in [-0.05, 0) is 17.7 Å². The summed E-state index contributed by atoms with van der Waals surface area (Å²) in [7, 11) is 1.90. The van der Waals surface area contributed by atoms with Crippen molar-refractivity contribution in [3.8, 4) is 0 Å². The SMILES string of the molecule is Cn1cc(C(=O)OC2=CC(O)c3ccccc32)c2ccccc21. The first-order valence-corrected chi connectivity index (χ1v) is 7.40. The van der Waals surface area contributed by atoms with E-state index in [9.17, 15) is 9.90 Å². The predicted octanol–water partition coefficient (Wildman–Crippen LogP) is 3.42. The standard InChI is InChI=1S/C19H15NO3/c1-20-11-15(12-6-4-5-9-16(12)20)19(22)23-18-10-17(21)13-7-2-3-8-14(13)18/h2-11,17,21H,1H3. The van der Waals surface area contributed by atoms with Crippen molar-refractivity contribution in [2.24, 2.45) is 7.05 Å². The molecule has 0 radical (unpaired) electrons. The van der Waals surface area contributed by atoms with Crippen LogP contribution in [-0.4, -0.2) is 15.6 Å². The molecule has 4 heteroatoms. The van der Waals surface area contributed by atoms with Crippen molar-refractivity contribution in [1.82, 2.24) is 4.57 Å². The number of aryl methyl sites for hydroxylation is 1. The van der Waals surface area contributed by atoms with Gasteiger partial charge in [-0.2, -0.15) is 0 Å². The number of hydrogen-bond acceptors (Lipinski definition) is 3. The molecule has 23 heavy (non-hydrogen) atoms. The van der Waals surface area contributed by atoms with Crippen LogP contribution in [-0.2, 0) is 11.8 Å². The lowest BCUT2D eigenvalue weighted by Crippen LogP contribution is -2.03. The first kappa shape index (κ1) is 13.8. The maximum absolute atomic E-state index is 12.6. The van der Waals surface area contributed by atoms with Gasteiger partial charge >= 0.3 is 5.97 Å². The van der Waals surface area contributed by atoms with E-state index in [4.69, 9.17) is 4.74 Å². The Morgan fingerprint density at radius 2 is 1.87 bits per heavy atom. The van der Waals surface area contributed by atoms with Crippen LogP contribution < -0.4 is 0 Å². The molecule has 1 aromatic heterocycles. The van der Waals surface area contributed by atoms with Gasteiger partial charge in [-0.15, -0.1) is 0 Å². The molecule has 0 aliphatic heterocycles. The minimum Gasteiger partial charge on any atom is -0.422 e. The minimum atomic E-state index is -0.735. The summed E-state index contributed by atoms with van der Waals surface area (Å²) in [6.45, 7) is 0. The van der Waals surface area contributed by atoms with E-state index in [1.165, 1.54) is 0 Å². The van der Waals surface area contributed by atoms with Gasteiger partial charge in [-0.1, -0.05) is 42.5 Å². The van der Waals surface area contributed by atoms with Gasteiger partial charge < -0.3 is 14.4 Å². The van der Waals surface area contributed by atoms with Crippen LogP contribution in [0.5, 0.6) is 0 Å². The highest BCUT2D eigenvalue weighted by atomic mass is 16.5. The number of carbonyl (C=O) groups is 1. The lowest BCUT2D eigenvalue weighted by atomic mass is 10.1. The van der Waals surface area contributed by atoms with E-state index in [2.05, 4.69) is 0 Å². The lowest BCUT2D eigenvalue weighted by molar-refractivity contribution is 0.0693. The molecular formula is C19H15NO3. The fraction of sp³-hybridized carbons (Fsp3) is 0.105. The Kier molecular flexibility index (Phi) is 3.06. The first-order chi connectivity index (χ1) is 11.1. The molecule has 1 aliphatic rings. The van der Waals surface area contributed by atoms with Gasteiger partial charge in [0.25, 0.3) is 0 Å². The molecule has 0 saturated heterocycles. The molecule has 1 N–H and O–H groups in total. The summed E-state index contributed by atoms with van der Waals surface area (Å²) >= 11 is 0. The number of benzene rings is 2. The fourth-order valence-electron chi connectivity index (χ4n) is 3.05. The number of hydrogen-bond donors (Lipinski definition) is 1.